The number of anilines is 2. The van der Waals surface area contributed by atoms with Gasteiger partial charge in [-0.2, -0.15) is 5.10 Å². The molecule has 154 valence electrons. The number of nitrogens with zero attached hydrogens (tertiary/aromatic N) is 5. The molecule has 0 atom stereocenters. The number of carbonyl (C=O) groups is 1. The molecular weight excluding hydrogens is 476 g/mol. The van der Waals surface area contributed by atoms with Crippen molar-refractivity contribution in [3.63, 3.8) is 0 Å². The highest BCUT2D eigenvalue weighted by molar-refractivity contribution is 9.10. The van der Waals surface area contributed by atoms with Crippen LogP contribution in [-0.4, -0.2) is 37.7 Å². The highest BCUT2D eigenvalue weighted by atomic mass is 79.9. The third-order valence-electron chi connectivity index (χ3n) is 3.63. The van der Waals surface area contributed by atoms with Crippen LogP contribution in [0.4, 0.5) is 17.3 Å². The van der Waals surface area contributed by atoms with Gasteiger partial charge in [0.2, 0.25) is 11.1 Å². The molecule has 0 spiro atoms. The number of amides is 1. The number of para-hydroxylation sites is 1. The average Bonchev–Trinajstić information content (AvgIpc) is 3.08. The third-order valence-corrected chi connectivity index (χ3v) is 5.26. The number of nitro groups is 1. The number of nitrogens with one attached hydrogen (secondary N) is 2. The largest absolute Gasteiger partial charge is 0.334 e. The molecule has 1 aromatic heterocycles. The summed E-state index contributed by atoms with van der Waals surface area (Å²) in [5.41, 5.74) is 3.94. The van der Waals surface area contributed by atoms with Crippen molar-refractivity contribution in [2.24, 2.45) is 5.10 Å². The summed E-state index contributed by atoms with van der Waals surface area (Å²) in [5.74, 6) is 5.95. The number of nitrogen functional groups attached to an aromatic ring is 1. The number of hydrogen-bond donors (Lipinski definition) is 3. The van der Waals surface area contributed by atoms with Crippen molar-refractivity contribution in [2.45, 2.75) is 5.16 Å². The Balaban J connectivity index is 1.53. The lowest BCUT2D eigenvalue weighted by molar-refractivity contribution is -0.384. The van der Waals surface area contributed by atoms with Crippen LogP contribution in [0.25, 0.3) is 0 Å². The minimum atomic E-state index is -0.478. The summed E-state index contributed by atoms with van der Waals surface area (Å²) in [6.07, 6.45) is 1.45. The number of non-ortho nitro benzene ring substituents is 1. The predicted octanol–water partition coefficient (Wildman–Crippen LogP) is 2.84. The topological polar surface area (TPSA) is 153 Å². The standard InChI is InChI=1S/C17H15BrN8O3S/c18-13-3-1-2-4-14(13)21-15(27)10-30-17-24-23-16(25(17)19)22-20-9-11-5-7-12(8-6-11)26(28)29/h1-9H,10,19H2,(H,21,27)(H,22,23)/b20-9+. The molecule has 0 saturated carbocycles. The first kappa shape index (κ1) is 21.3. The van der Waals surface area contributed by atoms with Crippen LogP contribution in [0, 0.1) is 10.1 Å². The lowest BCUT2D eigenvalue weighted by Gasteiger charge is -2.06. The third kappa shape index (κ3) is 5.55. The normalized spacial score (nSPS) is 10.8. The van der Waals surface area contributed by atoms with Crippen LogP contribution in [0.1, 0.15) is 5.56 Å². The summed E-state index contributed by atoms with van der Waals surface area (Å²) in [7, 11) is 0. The molecule has 30 heavy (non-hydrogen) atoms. The van der Waals surface area contributed by atoms with Crippen LogP contribution in [-0.2, 0) is 4.79 Å². The van der Waals surface area contributed by atoms with Gasteiger partial charge in [0.1, 0.15) is 0 Å². The van der Waals surface area contributed by atoms with Gasteiger partial charge in [0.05, 0.1) is 22.6 Å². The van der Waals surface area contributed by atoms with Crippen molar-refractivity contribution in [1.29, 1.82) is 0 Å². The van der Waals surface area contributed by atoms with E-state index in [2.05, 4.69) is 42.0 Å². The molecule has 0 aliphatic carbocycles. The molecule has 3 aromatic rings. The fourth-order valence-electron chi connectivity index (χ4n) is 2.18. The van der Waals surface area contributed by atoms with Gasteiger partial charge >= 0.3 is 0 Å². The number of halogens is 1. The van der Waals surface area contributed by atoms with Gasteiger partial charge in [-0.15, -0.1) is 10.2 Å². The Morgan fingerprint density at radius 3 is 2.70 bits per heavy atom. The van der Waals surface area contributed by atoms with Gasteiger partial charge in [0, 0.05) is 16.6 Å². The Bertz CT molecular complexity index is 1090. The number of nitro benzene ring substituents is 1. The number of aromatic nitrogens is 3. The number of hydrogen-bond acceptors (Lipinski definition) is 9. The van der Waals surface area contributed by atoms with E-state index >= 15 is 0 Å². The van der Waals surface area contributed by atoms with E-state index in [9.17, 15) is 14.9 Å². The second-order valence-electron chi connectivity index (χ2n) is 5.71. The molecule has 0 saturated heterocycles. The minimum Gasteiger partial charge on any atom is -0.334 e. The van der Waals surface area contributed by atoms with Crippen LogP contribution in [0.5, 0.6) is 0 Å². The van der Waals surface area contributed by atoms with Gasteiger partial charge < -0.3 is 11.2 Å². The predicted molar refractivity (Wildman–Crippen MR) is 118 cm³/mol. The molecule has 0 aliphatic rings. The number of benzene rings is 2. The first-order chi connectivity index (χ1) is 14.4. The van der Waals surface area contributed by atoms with E-state index in [1.807, 2.05) is 18.2 Å². The zero-order valence-corrected chi connectivity index (χ0v) is 17.6. The van der Waals surface area contributed by atoms with Crippen LogP contribution >= 0.6 is 27.7 Å². The molecule has 13 heteroatoms. The quantitative estimate of drug-likeness (QED) is 0.143. The Morgan fingerprint density at radius 2 is 2.00 bits per heavy atom. The number of nitrogens with two attached hydrogens (primary N) is 1. The van der Waals surface area contributed by atoms with Crippen molar-refractivity contribution < 1.29 is 9.72 Å². The molecular formula is C17H15BrN8O3S. The molecule has 3 rings (SSSR count). The van der Waals surface area contributed by atoms with Crippen LogP contribution in [0.15, 0.2) is 63.3 Å². The van der Waals surface area contributed by atoms with Gasteiger partial charge in [-0.05, 0) is 45.8 Å². The molecule has 1 amide bonds. The van der Waals surface area contributed by atoms with E-state index in [0.29, 0.717) is 16.4 Å². The SMILES string of the molecule is Nn1c(N/N=C/c2ccc([N+](=O)[O-])cc2)nnc1SCC(=O)Nc1ccccc1Br. The maximum atomic E-state index is 12.1. The van der Waals surface area contributed by atoms with E-state index in [1.165, 1.54) is 23.0 Å². The van der Waals surface area contributed by atoms with E-state index in [4.69, 9.17) is 5.84 Å². The molecule has 0 unspecified atom stereocenters. The molecule has 2 aromatic carbocycles. The lowest BCUT2D eigenvalue weighted by Crippen LogP contribution is -2.17. The van der Waals surface area contributed by atoms with Crippen molar-refractivity contribution in [3.05, 3.63) is 68.7 Å². The highest BCUT2D eigenvalue weighted by Crippen LogP contribution is 2.22. The van der Waals surface area contributed by atoms with Crippen molar-refractivity contribution in [1.82, 2.24) is 14.9 Å². The lowest BCUT2D eigenvalue weighted by atomic mass is 10.2. The fraction of sp³-hybridized carbons (Fsp3) is 0.0588. The number of rotatable bonds is 8. The maximum Gasteiger partial charge on any atom is 0.269 e. The first-order valence-corrected chi connectivity index (χ1v) is 10.1. The van der Waals surface area contributed by atoms with Crippen LogP contribution < -0.4 is 16.6 Å². The second-order valence-corrected chi connectivity index (χ2v) is 7.51. The summed E-state index contributed by atoms with van der Waals surface area (Å²) >= 11 is 4.48. The van der Waals surface area contributed by atoms with Crippen molar-refractivity contribution in [2.75, 3.05) is 22.3 Å². The zero-order chi connectivity index (χ0) is 21.5. The van der Waals surface area contributed by atoms with Crippen molar-refractivity contribution >= 4 is 57.1 Å². The second kappa shape index (κ2) is 9.84. The van der Waals surface area contributed by atoms with E-state index < -0.39 is 4.92 Å². The molecule has 0 fully saturated rings. The summed E-state index contributed by atoms with van der Waals surface area (Å²) in [4.78, 5) is 22.3. The van der Waals surface area contributed by atoms with Crippen molar-refractivity contribution in [3.8, 4) is 0 Å². The fourth-order valence-corrected chi connectivity index (χ4v) is 3.22. The Labute approximate surface area is 183 Å². The summed E-state index contributed by atoms with van der Waals surface area (Å²) in [5, 5.41) is 25.5. The van der Waals surface area contributed by atoms with E-state index in [-0.39, 0.29) is 23.3 Å². The average molecular weight is 491 g/mol. The molecule has 1 heterocycles. The minimum absolute atomic E-state index is 0.00728. The summed E-state index contributed by atoms with van der Waals surface area (Å²) in [6.45, 7) is 0. The van der Waals surface area contributed by atoms with Gasteiger partial charge in [0.25, 0.3) is 11.6 Å². The summed E-state index contributed by atoms with van der Waals surface area (Å²) in [6, 6.07) is 13.1. The van der Waals surface area contributed by atoms with Crippen LogP contribution in [0.2, 0.25) is 0 Å². The van der Waals surface area contributed by atoms with Gasteiger partial charge in [-0.25, -0.2) is 10.1 Å². The zero-order valence-electron chi connectivity index (χ0n) is 15.2. The smallest absolute Gasteiger partial charge is 0.269 e. The Kier molecular flexibility index (Phi) is 6.98. The van der Waals surface area contributed by atoms with E-state index in [1.54, 1.807) is 18.2 Å². The highest BCUT2D eigenvalue weighted by Gasteiger charge is 2.12. The first-order valence-electron chi connectivity index (χ1n) is 8.35. The molecule has 11 nitrogen and oxygen atoms in total. The Hall–Kier alpha value is -3.45. The molecule has 0 bridgehead atoms. The molecule has 0 aliphatic heterocycles. The summed E-state index contributed by atoms with van der Waals surface area (Å²) < 4.78 is 1.95. The van der Waals surface area contributed by atoms with Gasteiger partial charge in [-0.1, -0.05) is 23.9 Å². The van der Waals surface area contributed by atoms with Gasteiger partial charge in [-0.3, -0.25) is 14.9 Å². The monoisotopic (exact) mass is 490 g/mol. The molecule has 0 radical (unpaired) electrons. The van der Waals surface area contributed by atoms with Crippen LogP contribution in [0.3, 0.4) is 0 Å². The number of thioether (sulfide) groups is 1. The molecule has 4 N–H and O–H groups in total. The maximum absolute atomic E-state index is 12.1. The van der Waals surface area contributed by atoms with E-state index in [0.717, 1.165) is 16.2 Å². The number of carbonyl (C=O) groups excluding carboxylic acids is 1. The number of hydrazone groups is 1. The van der Waals surface area contributed by atoms with Gasteiger partial charge in [0.15, 0.2) is 0 Å². The Morgan fingerprint density at radius 1 is 1.27 bits per heavy atom.